The summed E-state index contributed by atoms with van der Waals surface area (Å²) >= 11 is 1.68. The standard InChI is InChI=1S/C20H22FN3OS/c1-13(2)26-18-7-5-4-6-15(18)20(25)22-11-10-19-23-16-12-14(21)8-9-17(16)24(19)3/h4-9,12-13H,10-11H2,1-3H3,(H,22,25). The molecule has 1 aromatic heterocycles. The molecule has 26 heavy (non-hydrogen) atoms. The number of aromatic nitrogens is 2. The van der Waals surface area contributed by atoms with Gasteiger partial charge in [-0.1, -0.05) is 26.0 Å². The van der Waals surface area contributed by atoms with Crippen molar-refractivity contribution in [2.24, 2.45) is 7.05 Å². The van der Waals surface area contributed by atoms with Crippen LogP contribution < -0.4 is 5.32 Å². The zero-order valence-electron chi connectivity index (χ0n) is 15.1. The van der Waals surface area contributed by atoms with Gasteiger partial charge >= 0.3 is 0 Å². The molecule has 0 bridgehead atoms. The van der Waals surface area contributed by atoms with E-state index in [4.69, 9.17) is 0 Å². The smallest absolute Gasteiger partial charge is 0.252 e. The molecular formula is C20H22FN3OS. The summed E-state index contributed by atoms with van der Waals surface area (Å²) in [5, 5.41) is 3.37. The first kappa shape index (κ1) is 18.5. The summed E-state index contributed by atoms with van der Waals surface area (Å²) in [6.45, 7) is 4.68. The van der Waals surface area contributed by atoms with E-state index in [-0.39, 0.29) is 11.7 Å². The van der Waals surface area contributed by atoms with Crippen molar-refractivity contribution < 1.29 is 9.18 Å². The Balaban J connectivity index is 1.67. The van der Waals surface area contributed by atoms with Crippen molar-refractivity contribution in [1.29, 1.82) is 0 Å². The van der Waals surface area contributed by atoms with E-state index < -0.39 is 0 Å². The first-order valence-corrected chi connectivity index (χ1v) is 9.48. The monoisotopic (exact) mass is 371 g/mol. The van der Waals surface area contributed by atoms with Crippen molar-refractivity contribution in [3.63, 3.8) is 0 Å². The number of hydrogen-bond donors (Lipinski definition) is 1. The maximum atomic E-state index is 13.3. The van der Waals surface area contributed by atoms with Gasteiger partial charge in [0.15, 0.2) is 0 Å². The first-order valence-electron chi connectivity index (χ1n) is 8.60. The third kappa shape index (κ3) is 4.07. The Bertz CT molecular complexity index is 936. The number of rotatable bonds is 6. The molecule has 4 nitrogen and oxygen atoms in total. The number of nitrogens with zero attached hydrogens (tertiary/aromatic N) is 2. The fourth-order valence-electron chi connectivity index (χ4n) is 2.84. The van der Waals surface area contributed by atoms with Crippen LogP contribution in [0.5, 0.6) is 0 Å². The summed E-state index contributed by atoms with van der Waals surface area (Å²) in [5.74, 6) is 0.434. The van der Waals surface area contributed by atoms with Gasteiger partial charge in [0.1, 0.15) is 11.6 Å². The second kappa shape index (κ2) is 7.91. The number of carbonyl (C=O) groups excluding carboxylic acids is 1. The van der Waals surface area contributed by atoms with Crippen LogP contribution in [0.4, 0.5) is 4.39 Å². The molecule has 0 aliphatic rings. The molecule has 136 valence electrons. The lowest BCUT2D eigenvalue weighted by atomic mass is 10.2. The van der Waals surface area contributed by atoms with Crippen molar-refractivity contribution in [3.05, 3.63) is 59.7 Å². The summed E-state index contributed by atoms with van der Waals surface area (Å²) < 4.78 is 15.3. The van der Waals surface area contributed by atoms with Gasteiger partial charge < -0.3 is 9.88 Å². The lowest BCUT2D eigenvalue weighted by Gasteiger charge is -2.11. The van der Waals surface area contributed by atoms with Gasteiger partial charge in [0.05, 0.1) is 16.6 Å². The highest BCUT2D eigenvalue weighted by Crippen LogP contribution is 2.26. The van der Waals surface area contributed by atoms with Crippen LogP contribution in [0, 0.1) is 5.82 Å². The summed E-state index contributed by atoms with van der Waals surface area (Å²) in [7, 11) is 1.90. The van der Waals surface area contributed by atoms with Gasteiger partial charge in [-0.3, -0.25) is 4.79 Å². The minimum absolute atomic E-state index is 0.0847. The number of carbonyl (C=O) groups is 1. The molecule has 6 heteroatoms. The number of aryl methyl sites for hydroxylation is 1. The molecule has 1 N–H and O–H groups in total. The molecule has 0 aliphatic carbocycles. The highest BCUT2D eigenvalue weighted by atomic mass is 32.2. The minimum atomic E-state index is -0.297. The predicted molar refractivity (Wildman–Crippen MR) is 104 cm³/mol. The maximum absolute atomic E-state index is 13.3. The van der Waals surface area contributed by atoms with Gasteiger partial charge in [-0.25, -0.2) is 9.37 Å². The Kier molecular flexibility index (Phi) is 5.61. The number of halogens is 1. The topological polar surface area (TPSA) is 46.9 Å². The average Bonchev–Trinajstić information content (AvgIpc) is 2.90. The molecule has 3 aromatic rings. The number of fused-ring (bicyclic) bond motifs is 1. The Morgan fingerprint density at radius 3 is 2.81 bits per heavy atom. The number of amides is 1. The second-order valence-electron chi connectivity index (χ2n) is 6.39. The van der Waals surface area contributed by atoms with E-state index in [0.717, 1.165) is 16.2 Å². The van der Waals surface area contributed by atoms with Crippen molar-refractivity contribution >= 4 is 28.7 Å². The van der Waals surface area contributed by atoms with Crippen LogP contribution >= 0.6 is 11.8 Å². The van der Waals surface area contributed by atoms with E-state index in [2.05, 4.69) is 24.1 Å². The van der Waals surface area contributed by atoms with Crippen molar-refractivity contribution in [3.8, 4) is 0 Å². The fourth-order valence-corrected chi connectivity index (χ4v) is 3.79. The summed E-state index contributed by atoms with van der Waals surface area (Å²) in [4.78, 5) is 18.0. The van der Waals surface area contributed by atoms with Crippen molar-refractivity contribution in [1.82, 2.24) is 14.9 Å². The summed E-state index contributed by atoms with van der Waals surface area (Å²) in [5.41, 5.74) is 2.21. The first-order chi connectivity index (χ1) is 12.5. The molecule has 0 unspecified atom stereocenters. The molecule has 0 saturated carbocycles. The molecular weight excluding hydrogens is 349 g/mol. The summed E-state index contributed by atoms with van der Waals surface area (Å²) in [6.07, 6.45) is 0.581. The van der Waals surface area contributed by atoms with E-state index in [1.54, 1.807) is 17.8 Å². The molecule has 0 saturated heterocycles. The molecule has 0 spiro atoms. The Morgan fingerprint density at radius 1 is 1.27 bits per heavy atom. The predicted octanol–water partition coefficient (Wildman–Crippen LogP) is 4.19. The molecule has 0 radical (unpaired) electrons. The van der Waals surface area contributed by atoms with Crippen LogP contribution in [0.3, 0.4) is 0 Å². The number of hydrogen-bond acceptors (Lipinski definition) is 3. The molecule has 1 heterocycles. The molecule has 0 atom stereocenters. The van der Waals surface area contributed by atoms with Crippen molar-refractivity contribution in [2.75, 3.05) is 6.54 Å². The van der Waals surface area contributed by atoms with Gasteiger partial charge in [0.2, 0.25) is 0 Å². The van der Waals surface area contributed by atoms with E-state index in [1.165, 1.54) is 12.1 Å². The maximum Gasteiger partial charge on any atom is 0.252 e. The summed E-state index contributed by atoms with van der Waals surface area (Å²) in [6, 6.07) is 12.2. The molecule has 1 amide bonds. The van der Waals surface area contributed by atoms with Gasteiger partial charge in [0.25, 0.3) is 5.91 Å². The highest BCUT2D eigenvalue weighted by Gasteiger charge is 2.13. The van der Waals surface area contributed by atoms with Crippen LogP contribution in [-0.2, 0) is 13.5 Å². The largest absolute Gasteiger partial charge is 0.352 e. The number of nitrogens with one attached hydrogen (secondary N) is 1. The zero-order valence-corrected chi connectivity index (χ0v) is 15.9. The quantitative estimate of drug-likeness (QED) is 0.661. The van der Waals surface area contributed by atoms with Crippen molar-refractivity contribution in [2.45, 2.75) is 30.4 Å². The SMILES string of the molecule is CC(C)Sc1ccccc1C(=O)NCCc1nc2cc(F)ccc2n1C. The molecule has 2 aromatic carbocycles. The van der Waals surface area contributed by atoms with E-state index in [0.29, 0.717) is 29.3 Å². The second-order valence-corrected chi connectivity index (χ2v) is 8.01. The van der Waals surface area contributed by atoms with Crippen LogP contribution in [0.2, 0.25) is 0 Å². The normalized spacial score (nSPS) is 11.3. The van der Waals surface area contributed by atoms with Gasteiger partial charge in [0, 0.05) is 36.2 Å². The Morgan fingerprint density at radius 2 is 2.04 bits per heavy atom. The molecule has 0 aliphatic heterocycles. The van der Waals surface area contributed by atoms with Crippen LogP contribution in [0.25, 0.3) is 11.0 Å². The van der Waals surface area contributed by atoms with Gasteiger partial charge in [-0.2, -0.15) is 0 Å². The minimum Gasteiger partial charge on any atom is -0.352 e. The van der Waals surface area contributed by atoms with E-state index >= 15 is 0 Å². The van der Waals surface area contributed by atoms with Crippen LogP contribution in [-0.4, -0.2) is 27.3 Å². The lowest BCUT2D eigenvalue weighted by Crippen LogP contribution is -2.26. The van der Waals surface area contributed by atoms with Crippen LogP contribution in [0.15, 0.2) is 47.4 Å². The third-order valence-electron chi connectivity index (χ3n) is 4.06. The van der Waals surface area contributed by atoms with Crippen LogP contribution in [0.1, 0.15) is 30.0 Å². The number of benzene rings is 2. The zero-order chi connectivity index (χ0) is 18.7. The lowest BCUT2D eigenvalue weighted by molar-refractivity contribution is 0.0951. The fraction of sp³-hybridized carbons (Fsp3) is 0.300. The van der Waals surface area contributed by atoms with E-state index in [9.17, 15) is 9.18 Å². The molecule has 0 fully saturated rings. The highest BCUT2D eigenvalue weighted by molar-refractivity contribution is 8.00. The third-order valence-corrected chi connectivity index (χ3v) is 5.15. The van der Waals surface area contributed by atoms with Gasteiger partial charge in [-0.05, 0) is 24.3 Å². The van der Waals surface area contributed by atoms with Gasteiger partial charge in [-0.15, -0.1) is 11.8 Å². The Hall–Kier alpha value is -2.34. The molecule has 3 rings (SSSR count). The average molecular weight is 371 g/mol. The Labute approximate surface area is 156 Å². The number of imidazole rings is 1. The number of thioether (sulfide) groups is 1. The van der Waals surface area contributed by atoms with E-state index in [1.807, 2.05) is 35.9 Å².